The van der Waals surface area contributed by atoms with Gasteiger partial charge in [-0.25, -0.2) is 4.79 Å². The molecule has 0 heterocycles. The lowest BCUT2D eigenvalue weighted by Crippen LogP contribution is -2.10. The molecule has 0 N–H and O–H groups in total. The average molecular weight is 424 g/mol. The number of non-ortho nitro benzene ring substituents is 1. The van der Waals surface area contributed by atoms with Crippen LogP contribution in [0.2, 0.25) is 0 Å². The third-order valence-electron chi connectivity index (χ3n) is 5.26. The third-order valence-corrected chi connectivity index (χ3v) is 5.26. The Bertz CT molecular complexity index is 1380. The Morgan fingerprint density at radius 2 is 1.75 bits per heavy atom. The molecule has 0 radical (unpaired) electrons. The first kappa shape index (κ1) is 20.9. The van der Waals surface area contributed by atoms with E-state index in [1.165, 1.54) is 29.8 Å². The van der Waals surface area contributed by atoms with Gasteiger partial charge in [0, 0.05) is 23.9 Å². The van der Waals surface area contributed by atoms with Gasteiger partial charge >= 0.3 is 5.97 Å². The van der Waals surface area contributed by atoms with Gasteiger partial charge in [-0.05, 0) is 60.0 Å². The van der Waals surface area contributed by atoms with Crippen molar-refractivity contribution in [1.29, 1.82) is 0 Å². The molecule has 0 bridgehead atoms. The normalized spacial score (nSPS) is 11.1. The summed E-state index contributed by atoms with van der Waals surface area (Å²) < 4.78 is 5.65. The molecule has 0 atom stereocenters. The van der Waals surface area contributed by atoms with Crippen LogP contribution in [0.5, 0.6) is 5.75 Å². The lowest BCUT2D eigenvalue weighted by Gasteiger charge is -2.11. The molecule has 0 fully saturated rings. The van der Waals surface area contributed by atoms with Crippen molar-refractivity contribution in [1.82, 2.24) is 0 Å². The highest BCUT2D eigenvalue weighted by Gasteiger charge is 2.16. The van der Waals surface area contributed by atoms with Crippen LogP contribution in [0.1, 0.15) is 27.0 Å². The molecule has 4 aromatic carbocycles. The van der Waals surface area contributed by atoms with Gasteiger partial charge in [-0.15, -0.1) is 0 Å². The van der Waals surface area contributed by atoms with E-state index < -0.39 is 10.9 Å². The molecular weight excluding hydrogens is 404 g/mol. The molecule has 0 spiro atoms. The highest BCUT2D eigenvalue weighted by Crippen LogP contribution is 2.29. The number of rotatable bonds is 5. The number of fused-ring (bicyclic) bond motifs is 1. The number of nitro benzene ring substituents is 1. The Morgan fingerprint density at radius 3 is 2.53 bits per heavy atom. The average Bonchev–Trinajstić information content (AvgIpc) is 2.80. The second-order valence-electron chi connectivity index (χ2n) is 7.42. The van der Waals surface area contributed by atoms with Gasteiger partial charge in [0.1, 0.15) is 5.75 Å². The van der Waals surface area contributed by atoms with E-state index in [-0.39, 0.29) is 11.3 Å². The molecule has 0 aliphatic heterocycles. The van der Waals surface area contributed by atoms with Crippen molar-refractivity contribution in [2.75, 3.05) is 0 Å². The van der Waals surface area contributed by atoms with Crippen LogP contribution < -0.4 is 4.74 Å². The van der Waals surface area contributed by atoms with E-state index in [1.807, 2.05) is 62.4 Å². The van der Waals surface area contributed by atoms with Crippen LogP contribution >= 0.6 is 0 Å². The van der Waals surface area contributed by atoms with Gasteiger partial charge < -0.3 is 4.74 Å². The van der Waals surface area contributed by atoms with Crippen molar-refractivity contribution < 1.29 is 14.5 Å². The van der Waals surface area contributed by atoms with Gasteiger partial charge in [0.2, 0.25) is 0 Å². The summed E-state index contributed by atoms with van der Waals surface area (Å²) in [6.45, 7) is 4.07. The smallest absolute Gasteiger partial charge is 0.343 e. The van der Waals surface area contributed by atoms with Crippen molar-refractivity contribution in [3.05, 3.63) is 111 Å². The number of ether oxygens (including phenoxy) is 1. The lowest BCUT2D eigenvalue weighted by atomic mass is 10.0. The number of hydrogen-bond acceptors (Lipinski definition) is 5. The number of carbonyl (C=O) groups is 1. The number of aliphatic imine (C=N–C) groups is 1. The summed E-state index contributed by atoms with van der Waals surface area (Å²) >= 11 is 0. The molecule has 0 aliphatic rings. The predicted octanol–water partition coefficient (Wildman–Crippen LogP) is 6.33. The summed E-state index contributed by atoms with van der Waals surface area (Å²) in [5.74, 6) is -0.349. The summed E-state index contributed by atoms with van der Waals surface area (Å²) in [5.41, 5.74) is 3.69. The van der Waals surface area contributed by atoms with Gasteiger partial charge in [0.05, 0.1) is 16.2 Å². The minimum absolute atomic E-state index is 0.101. The molecule has 0 amide bonds. The summed E-state index contributed by atoms with van der Waals surface area (Å²) in [4.78, 5) is 27.8. The Balaban J connectivity index is 1.73. The Morgan fingerprint density at radius 1 is 0.938 bits per heavy atom. The number of hydrogen-bond donors (Lipinski definition) is 0. The van der Waals surface area contributed by atoms with E-state index in [1.54, 1.807) is 12.3 Å². The fourth-order valence-corrected chi connectivity index (χ4v) is 3.35. The van der Waals surface area contributed by atoms with E-state index in [9.17, 15) is 14.9 Å². The second-order valence-corrected chi connectivity index (χ2v) is 7.42. The Kier molecular flexibility index (Phi) is 5.77. The van der Waals surface area contributed by atoms with Crippen molar-refractivity contribution >= 4 is 34.3 Å². The van der Waals surface area contributed by atoms with Crippen LogP contribution in [0.4, 0.5) is 11.4 Å². The summed E-state index contributed by atoms with van der Waals surface area (Å²) in [5, 5.41) is 12.9. The van der Waals surface area contributed by atoms with E-state index in [0.717, 1.165) is 22.0 Å². The van der Waals surface area contributed by atoms with Gasteiger partial charge in [-0.3, -0.25) is 15.1 Å². The summed E-state index contributed by atoms with van der Waals surface area (Å²) in [6, 6.07) is 22.7. The molecule has 158 valence electrons. The maximum atomic E-state index is 12.7. The highest BCUT2D eigenvalue weighted by atomic mass is 16.6. The number of nitro groups is 1. The third kappa shape index (κ3) is 4.39. The number of aryl methyl sites for hydroxylation is 2. The van der Waals surface area contributed by atoms with E-state index in [0.29, 0.717) is 11.3 Å². The summed E-state index contributed by atoms with van der Waals surface area (Å²) in [7, 11) is 0. The maximum Gasteiger partial charge on any atom is 0.343 e. The van der Waals surface area contributed by atoms with Crippen molar-refractivity contribution in [3.8, 4) is 5.75 Å². The van der Waals surface area contributed by atoms with Gasteiger partial charge in [0.25, 0.3) is 5.69 Å². The van der Waals surface area contributed by atoms with Crippen LogP contribution in [-0.2, 0) is 0 Å². The first-order chi connectivity index (χ1) is 15.4. The Hall–Kier alpha value is -4.32. The zero-order chi connectivity index (χ0) is 22.7. The van der Waals surface area contributed by atoms with Gasteiger partial charge in [0.15, 0.2) is 0 Å². The van der Waals surface area contributed by atoms with Crippen molar-refractivity contribution in [3.63, 3.8) is 0 Å². The molecular formula is C26H20N2O4. The fraction of sp³-hybridized carbons (Fsp3) is 0.0769. The molecule has 4 rings (SSSR count). The minimum atomic E-state index is -0.676. The quantitative estimate of drug-likeness (QED) is 0.123. The second kappa shape index (κ2) is 8.81. The fourth-order valence-electron chi connectivity index (χ4n) is 3.35. The Labute approximate surface area is 185 Å². The van der Waals surface area contributed by atoms with Crippen LogP contribution in [0.3, 0.4) is 0 Å². The molecule has 4 aromatic rings. The van der Waals surface area contributed by atoms with Crippen LogP contribution in [0, 0.1) is 24.0 Å². The number of nitrogens with zero attached hydrogens (tertiary/aromatic N) is 2. The standard InChI is InChI=1S/C26H20N2O4/c1-17-10-12-21(14-18(17)2)27-16-24-23-9-4-3-6-19(23)11-13-25(24)32-26(29)20-7-5-8-22(15-20)28(30)31/h3-16H,1-2H3. The van der Waals surface area contributed by atoms with E-state index in [2.05, 4.69) is 4.99 Å². The minimum Gasteiger partial charge on any atom is -0.422 e. The molecule has 6 nitrogen and oxygen atoms in total. The molecule has 0 aromatic heterocycles. The highest BCUT2D eigenvalue weighted by molar-refractivity contribution is 6.04. The van der Waals surface area contributed by atoms with Crippen LogP contribution in [0.25, 0.3) is 10.8 Å². The molecule has 0 unspecified atom stereocenters. The molecule has 0 aliphatic carbocycles. The monoisotopic (exact) mass is 424 g/mol. The molecule has 6 heteroatoms. The van der Waals surface area contributed by atoms with Crippen LogP contribution in [-0.4, -0.2) is 17.1 Å². The van der Waals surface area contributed by atoms with Gasteiger partial charge in [-0.1, -0.05) is 42.5 Å². The first-order valence-corrected chi connectivity index (χ1v) is 10.0. The molecule has 0 saturated carbocycles. The van der Waals surface area contributed by atoms with Crippen LogP contribution in [0.15, 0.2) is 83.9 Å². The topological polar surface area (TPSA) is 81.8 Å². The molecule has 0 saturated heterocycles. The largest absolute Gasteiger partial charge is 0.422 e. The van der Waals surface area contributed by atoms with Crippen molar-refractivity contribution in [2.45, 2.75) is 13.8 Å². The predicted molar refractivity (Wildman–Crippen MR) is 125 cm³/mol. The SMILES string of the molecule is Cc1ccc(N=Cc2c(OC(=O)c3cccc([N+](=O)[O-])c3)ccc3ccccc23)cc1C. The first-order valence-electron chi connectivity index (χ1n) is 10.0. The zero-order valence-corrected chi connectivity index (χ0v) is 17.6. The zero-order valence-electron chi connectivity index (χ0n) is 17.6. The lowest BCUT2D eigenvalue weighted by molar-refractivity contribution is -0.384. The number of benzene rings is 4. The van der Waals surface area contributed by atoms with Crippen molar-refractivity contribution in [2.24, 2.45) is 4.99 Å². The van der Waals surface area contributed by atoms with E-state index in [4.69, 9.17) is 4.74 Å². The van der Waals surface area contributed by atoms with Gasteiger partial charge in [-0.2, -0.15) is 0 Å². The maximum absolute atomic E-state index is 12.7. The number of carbonyl (C=O) groups excluding carboxylic acids is 1. The summed E-state index contributed by atoms with van der Waals surface area (Å²) in [6.07, 6.45) is 1.68. The number of esters is 1. The van der Waals surface area contributed by atoms with E-state index >= 15 is 0 Å². The molecule has 32 heavy (non-hydrogen) atoms.